The molecule has 0 atom stereocenters. The van der Waals surface area contributed by atoms with Gasteiger partial charge in [0.15, 0.2) is 0 Å². The lowest BCUT2D eigenvalue weighted by Crippen LogP contribution is -2.41. The van der Waals surface area contributed by atoms with Gasteiger partial charge in [0.05, 0.1) is 4.90 Å². The van der Waals surface area contributed by atoms with E-state index in [-0.39, 0.29) is 23.9 Å². The first-order valence-corrected chi connectivity index (χ1v) is 14.8. The highest BCUT2D eigenvalue weighted by molar-refractivity contribution is 7.89. The number of carbonyl (C=O) groups is 1. The van der Waals surface area contributed by atoms with Crippen LogP contribution >= 0.6 is 0 Å². The van der Waals surface area contributed by atoms with Gasteiger partial charge in [-0.2, -0.15) is 4.31 Å². The predicted octanol–water partition coefficient (Wildman–Crippen LogP) is 4.56. The van der Waals surface area contributed by atoms with Crippen molar-refractivity contribution in [2.45, 2.75) is 31.2 Å². The summed E-state index contributed by atoms with van der Waals surface area (Å²) < 4.78 is 28.9. The first-order valence-electron chi connectivity index (χ1n) is 13.4. The number of nitrogens with two attached hydrogens (primary N) is 1. The molecule has 0 spiro atoms. The molecule has 8 heteroatoms. The zero-order chi connectivity index (χ0) is 27.8. The molecule has 0 aromatic heterocycles. The van der Waals surface area contributed by atoms with Gasteiger partial charge in [-0.25, -0.2) is 8.42 Å². The topological polar surface area (TPSA) is 86.9 Å². The first-order chi connectivity index (χ1) is 18.7. The van der Waals surface area contributed by atoms with Crippen LogP contribution in [-0.2, 0) is 16.6 Å². The summed E-state index contributed by atoms with van der Waals surface area (Å²) in [5.74, 6) is -0.115. The van der Waals surface area contributed by atoms with E-state index in [0.29, 0.717) is 36.3 Å². The number of benzene rings is 3. The van der Waals surface area contributed by atoms with Gasteiger partial charge in [-0.3, -0.25) is 9.69 Å². The van der Waals surface area contributed by atoms with Gasteiger partial charge < -0.3 is 10.6 Å². The van der Waals surface area contributed by atoms with E-state index in [1.165, 1.54) is 9.87 Å². The van der Waals surface area contributed by atoms with Crippen molar-refractivity contribution in [3.8, 4) is 0 Å². The molecule has 3 aromatic rings. The molecule has 1 saturated heterocycles. The molecule has 0 radical (unpaired) electrons. The molecule has 1 fully saturated rings. The van der Waals surface area contributed by atoms with Crippen molar-refractivity contribution >= 4 is 21.6 Å². The third-order valence-corrected chi connectivity index (χ3v) is 8.81. The Hall–Kier alpha value is -3.46. The van der Waals surface area contributed by atoms with Gasteiger partial charge in [-0.05, 0) is 73.8 Å². The molecule has 1 heterocycles. The van der Waals surface area contributed by atoms with Crippen molar-refractivity contribution in [3.05, 3.63) is 108 Å². The molecule has 206 valence electrons. The van der Waals surface area contributed by atoms with Crippen LogP contribution in [0.15, 0.2) is 95.9 Å². The van der Waals surface area contributed by atoms with Crippen molar-refractivity contribution < 1.29 is 13.2 Å². The number of rotatable bonds is 5. The van der Waals surface area contributed by atoms with Crippen LogP contribution in [0.2, 0.25) is 0 Å². The minimum atomic E-state index is -3.73. The average Bonchev–Trinajstić information content (AvgIpc) is 2.92. The molecule has 0 aliphatic carbocycles. The van der Waals surface area contributed by atoms with Gasteiger partial charge >= 0.3 is 0 Å². The lowest BCUT2D eigenvalue weighted by atomic mass is 10.1. The fraction of sp³-hybridized carbons (Fsp3) is 0.323. The number of aryl methyl sites for hydroxylation is 1. The molecule has 39 heavy (non-hydrogen) atoms. The summed E-state index contributed by atoms with van der Waals surface area (Å²) >= 11 is 0. The molecule has 0 unspecified atom stereocenters. The summed E-state index contributed by atoms with van der Waals surface area (Å²) in [4.78, 5) is 17.9. The smallest absolute Gasteiger partial charge is 0.254 e. The van der Waals surface area contributed by atoms with Gasteiger partial charge in [0.25, 0.3) is 5.91 Å². The maximum atomic E-state index is 13.7. The maximum absolute atomic E-state index is 13.7. The van der Waals surface area contributed by atoms with Crippen molar-refractivity contribution in [2.24, 2.45) is 0 Å². The Kier molecular flexibility index (Phi) is 9.56. The van der Waals surface area contributed by atoms with Crippen LogP contribution in [0.1, 0.15) is 34.3 Å². The van der Waals surface area contributed by atoms with Crippen LogP contribution in [0, 0.1) is 6.92 Å². The Bertz CT molecular complexity index is 1360. The Morgan fingerprint density at radius 1 is 0.846 bits per heavy atom. The largest absolute Gasteiger partial charge is 0.399 e. The molecule has 7 nitrogen and oxygen atoms in total. The number of nitrogen functional groups attached to an aromatic ring is 1. The van der Waals surface area contributed by atoms with Gasteiger partial charge in [0.2, 0.25) is 10.0 Å². The molecule has 1 aliphatic rings. The molecule has 4 rings (SSSR count). The predicted molar refractivity (Wildman–Crippen MR) is 157 cm³/mol. The summed E-state index contributed by atoms with van der Waals surface area (Å²) in [6.45, 7) is 9.77. The Labute approximate surface area is 232 Å². The van der Waals surface area contributed by atoms with Gasteiger partial charge in [-0.15, -0.1) is 0 Å². The average molecular weight is 547 g/mol. The second-order valence-corrected chi connectivity index (χ2v) is 12.2. The van der Waals surface area contributed by atoms with Gasteiger partial charge in [0.1, 0.15) is 0 Å². The number of carbonyl (C=O) groups excluding carboxylic acids is 1. The van der Waals surface area contributed by atoms with Crippen molar-refractivity contribution in [2.75, 3.05) is 45.0 Å². The normalized spacial score (nSPS) is 16.8. The summed E-state index contributed by atoms with van der Waals surface area (Å²) in [6.07, 6.45) is 1.49. The van der Waals surface area contributed by atoms with E-state index in [1.54, 1.807) is 41.3 Å². The standard InChI is InChI=1S/C31H38N4O3S/c1-25-10-16-30(17-11-25)39(37,38)35-21-7-19-33(24-27-8-4-3-5-9-27)18-6-20-34(22-26(2)23-35)31(36)28-12-14-29(32)15-13-28/h3-5,8-17H,2,6-7,18-24,32H2,1H3. The highest BCUT2D eigenvalue weighted by Crippen LogP contribution is 2.20. The summed E-state index contributed by atoms with van der Waals surface area (Å²) in [5.41, 5.74) is 9.86. The van der Waals surface area contributed by atoms with Gasteiger partial charge in [0, 0.05) is 50.5 Å². The summed E-state index contributed by atoms with van der Waals surface area (Å²) in [5, 5.41) is 0. The highest BCUT2D eigenvalue weighted by Gasteiger charge is 2.27. The van der Waals surface area contributed by atoms with E-state index in [9.17, 15) is 13.2 Å². The Morgan fingerprint density at radius 3 is 2.15 bits per heavy atom. The second-order valence-electron chi connectivity index (χ2n) is 10.2. The van der Waals surface area contributed by atoms with E-state index < -0.39 is 10.0 Å². The van der Waals surface area contributed by atoms with Crippen LogP contribution in [0.3, 0.4) is 0 Å². The number of nitrogens with zero attached hydrogens (tertiary/aromatic N) is 3. The lowest BCUT2D eigenvalue weighted by molar-refractivity contribution is 0.0758. The molecular formula is C31H38N4O3S. The highest BCUT2D eigenvalue weighted by atomic mass is 32.2. The molecule has 3 aromatic carbocycles. The molecular weight excluding hydrogens is 508 g/mol. The number of sulfonamides is 1. The van der Waals surface area contributed by atoms with Crippen LogP contribution < -0.4 is 5.73 Å². The number of amides is 1. The zero-order valence-corrected chi connectivity index (χ0v) is 23.4. The number of anilines is 1. The Balaban J connectivity index is 1.59. The van der Waals surface area contributed by atoms with E-state index in [1.807, 2.05) is 37.3 Å². The van der Waals surface area contributed by atoms with Crippen LogP contribution in [-0.4, -0.2) is 67.7 Å². The number of hydrogen-bond acceptors (Lipinski definition) is 5. The van der Waals surface area contributed by atoms with E-state index in [4.69, 9.17) is 5.73 Å². The fourth-order valence-corrected chi connectivity index (χ4v) is 6.34. The zero-order valence-electron chi connectivity index (χ0n) is 22.6. The van der Waals surface area contributed by atoms with E-state index in [2.05, 4.69) is 23.6 Å². The van der Waals surface area contributed by atoms with Crippen molar-refractivity contribution in [1.82, 2.24) is 14.1 Å². The van der Waals surface area contributed by atoms with E-state index >= 15 is 0 Å². The van der Waals surface area contributed by atoms with E-state index in [0.717, 1.165) is 31.6 Å². The third kappa shape index (κ3) is 7.79. The first kappa shape index (κ1) is 28.5. The second kappa shape index (κ2) is 13.1. The quantitative estimate of drug-likeness (QED) is 0.375. The molecule has 2 N–H and O–H groups in total. The molecule has 1 amide bonds. The molecule has 0 saturated carbocycles. The maximum Gasteiger partial charge on any atom is 0.254 e. The SMILES string of the molecule is C=C1CN(C(=O)c2ccc(N)cc2)CCCN(Cc2ccccc2)CCCN(S(=O)(=O)c2ccc(C)cc2)C1. The Morgan fingerprint density at radius 2 is 1.49 bits per heavy atom. The summed E-state index contributed by atoms with van der Waals surface area (Å²) in [6, 6.07) is 24.1. The van der Waals surface area contributed by atoms with Crippen molar-refractivity contribution in [3.63, 3.8) is 0 Å². The monoisotopic (exact) mass is 546 g/mol. The lowest BCUT2D eigenvalue weighted by Gasteiger charge is -2.31. The molecule has 0 bridgehead atoms. The van der Waals surface area contributed by atoms with Gasteiger partial charge in [-0.1, -0.05) is 54.6 Å². The van der Waals surface area contributed by atoms with Crippen LogP contribution in [0.25, 0.3) is 0 Å². The summed E-state index contributed by atoms with van der Waals surface area (Å²) in [7, 11) is -3.73. The van der Waals surface area contributed by atoms with Crippen molar-refractivity contribution in [1.29, 1.82) is 0 Å². The third-order valence-electron chi connectivity index (χ3n) is 6.95. The minimum Gasteiger partial charge on any atom is -0.399 e. The number of hydrogen-bond donors (Lipinski definition) is 1. The van der Waals surface area contributed by atoms with Crippen LogP contribution in [0.5, 0.6) is 0 Å². The fourth-order valence-electron chi connectivity index (χ4n) is 4.84. The minimum absolute atomic E-state index is 0.115. The molecule has 1 aliphatic heterocycles. The van der Waals surface area contributed by atoms with Crippen LogP contribution in [0.4, 0.5) is 5.69 Å².